The molecule has 0 atom stereocenters. The van der Waals surface area contributed by atoms with Gasteiger partial charge in [0, 0.05) is 11.8 Å². The first-order valence-corrected chi connectivity index (χ1v) is 6.08. The lowest BCUT2D eigenvalue weighted by Crippen LogP contribution is -1.93. The quantitative estimate of drug-likeness (QED) is 0.924. The minimum atomic E-state index is 0.281. The minimum Gasteiger partial charge on any atom is -0.454 e. The molecule has 1 N–H and O–H groups in total. The van der Waals surface area contributed by atoms with Crippen molar-refractivity contribution in [2.24, 2.45) is 0 Å². The molecule has 1 aromatic carbocycles. The van der Waals surface area contributed by atoms with E-state index in [9.17, 15) is 0 Å². The summed E-state index contributed by atoms with van der Waals surface area (Å²) < 4.78 is 11.2. The van der Waals surface area contributed by atoms with Gasteiger partial charge in [0.1, 0.15) is 0 Å². The molecule has 0 saturated carbocycles. The third kappa shape index (κ3) is 1.83. The summed E-state index contributed by atoms with van der Waals surface area (Å²) in [5.74, 6) is 1.51. The summed E-state index contributed by atoms with van der Waals surface area (Å²) in [4.78, 5) is 0. The van der Waals surface area contributed by atoms with Gasteiger partial charge >= 0.3 is 0 Å². The van der Waals surface area contributed by atoms with E-state index in [1.807, 2.05) is 18.2 Å². The van der Waals surface area contributed by atoms with Crippen LogP contribution in [-0.4, -0.2) is 17.0 Å². The van der Waals surface area contributed by atoms with Crippen molar-refractivity contribution in [3.05, 3.63) is 22.1 Å². The van der Waals surface area contributed by atoms with Gasteiger partial charge in [0.05, 0.1) is 0 Å². The van der Waals surface area contributed by atoms with Crippen molar-refractivity contribution in [2.45, 2.75) is 0 Å². The number of hydrogen-bond donors (Lipinski definition) is 1. The second-order valence-corrected chi connectivity index (χ2v) is 5.31. The second kappa shape index (κ2) is 3.91. The normalized spacial score (nSPS) is 12.8. The smallest absolute Gasteiger partial charge is 0.231 e. The maximum Gasteiger partial charge on any atom is 0.231 e. The van der Waals surface area contributed by atoms with Crippen LogP contribution < -0.4 is 14.8 Å². The molecule has 1 aliphatic rings. The third-order valence-electron chi connectivity index (χ3n) is 2.02. The van der Waals surface area contributed by atoms with Crippen LogP contribution >= 0.6 is 27.3 Å². The number of anilines is 2. The maximum atomic E-state index is 5.28. The highest BCUT2D eigenvalue weighted by Gasteiger charge is 2.13. The van der Waals surface area contributed by atoms with Crippen LogP contribution in [0.2, 0.25) is 0 Å². The van der Waals surface area contributed by atoms with Crippen molar-refractivity contribution in [2.75, 3.05) is 12.1 Å². The molecule has 0 fully saturated rings. The standard InChI is InChI=1S/C9H6BrN3O2S/c10-8-12-13-9(16-8)11-5-1-2-6-7(3-5)15-4-14-6/h1-3H,4H2,(H,11,13). The SMILES string of the molecule is Brc1nnc(Nc2ccc3c(c2)OCO3)s1. The molecule has 2 aromatic rings. The first-order valence-electron chi connectivity index (χ1n) is 4.47. The predicted molar refractivity (Wildman–Crippen MR) is 63.5 cm³/mol. The molecule has 1 aromatic heterocycles. The molecule has 3 rings (SSSR count). The van der Waals surface area contributed by atoms with Gasteiger partial charge in [-0.3, -0.25) is 0 Å². The molecule has 16 heavy (non-hydrogen) atoms. The van der Waals surface area contributed by atoms with E-state index in [0.717, 1.165) is 26.2 Å². The van der Waals surface area contributed by atoms with E-state index in [1.54, 1.807) is 0 Å². The van der Waals surface area contributed by atoms with Gasteiger partial charge in [-0.15, -0.1) is 10.2 Å². The Hall–Kier alpha value is -1.34. The van der Waals surface area contributed by atoms with Gasteiger partial charge in [0.2, 0.25) is 11.9 Å². The Balaban J connectivity index is 1.85. The van der Waals surface area contributed by atoms with Crippen molar-refractivity contribution in [1.29, 1.82) is 0 Å². The highest BCUT2D eigenvalue weighted by atomic mass is 79.9. The zero-order chi connectivity index (χ0) is 11.0. The number of nitrogens with one attached hydrogen (secondary N) is 1. The summed E-state index contributed by atoms with van der Waals surface area (Å²) in [5.41, 5.74) is 0.896. The second-order valence-electron chi connectivity index (χ2n) is 3.05. The number of benzene rings is 1. The molecule has 1 aliphatic heterocycles. The molecule has 5 nitrogen and oxygen atoms in total. The number of rotatable bonds is 2. The Kier molecular flexibility index (Phi) is 2.41. The van der Waals surface area contributed by atoms with E-state index < -0.39 is 0 Å². The minimum absolute atomic E-state index is 0.281. The summed E-state index contributed by atoms with van der Waals surface area (Å²) in [5, 5.41) is 11.7. The molecule has 0 saturated heterocycles. The molecule has 0 aliphatic carbocycles. The number of aromatic nitrogens is 2. The third-order valence-corrected chi connectivity index (χ3v) is 3.30. The highest BCUT2D eigenvalue weighted by molar-refractivity contribution is 9.11. The van der Waals surface area contributed by atoms with Crippen LogP contribution in [0.25, 0.3) is 0 Å². The van der Waals surface area contributed by atoms with Gasteiger partial charge in [-0.05, 0) is 28.1 Å². The van der Waals surface area contributed by atoms with E-state index in [2.05, 4.69) is 31.4 Å². The molecule has 0 radical (unpaired) electrons. The molecule has 82 valence electrons. The fraction of sp³-hybridized carbons (Fsp3) is 0.111. The lowest BCUT2D eigenvalue weighted by molar-refractivity contribution is 0.174. The van der Waals surface area contributed by atoms with E-state index >= 15 is 0 Å². The molecular formula is C9H6BrN3O2S. The Bertz CT molecular complexity index is 531. The average Bonchev–Trinajstić information content (AvgIpc) is 2.87. The number of nitrogens with zero attached hydrogens (tertiary/aromatic N) is 2. The fourth-order valence-electron chi connectivity index (χ4n) is 1.35. The average molecular weight is 300 g/mol. The van der Waals surface area contributed by atoms with Crippen LogP contribution in [0.1, 0.15) is 0 Å². The van der Waals surface area contributed by atoms with Gasteiger partial charge in [0.25, 0.3) is 0 Å². The Morgan fingerprint density at radius 1 is 1.25 bits per heavy atom. The lowest BCUT2D eigenvalue weighted by Gasteiger charge is -2.02. The van der Waals surface area contributed by atoms with E-state index in [-0.39, 0.29) is 6.79 Å². The summed E-state index contributed by atoms with van der Waals surface area (Å²) in [6.07, 6.45) is 0. The molecule has 0 unspecified atom stereocenters. The van der Waals surface area contributed by atoms with Crippen LogP contribution in [0.3, 0.4) is 0 Å². The van der Waals surface area contributed by atoms with Crippen molar-refractivity contribution in [1.82, 2.24) is 10.2 Å². The maximum absolute atomic E-state index is 5.28. The Labute approximate surface area is 104 Å². The van der Waals surface area contributed by atoms with Gasteiger partial charge in [0.15, 0.2) is 15.4 Å². The van der Waals surface area contributed by atoms with Gasteiger partial charge in [-0.25, -0.2) is 0 Å². The van der Waals surface area contributed by atoms with Crippen LogP contribution in [0.4, 0.5) is 10.8 Å². The summed E-state index contributed by atoms with van der Waals surface area (Å²) in [7, 11) is 0. The summed E-state index contributed by atoms with van der Waals surface area (Å²) >= 11 is 4.68. The number of halogens is 1. The van der Waals surface area contributed by atoms with Crippen LogP contribution in [-0.2, 0) is 0 Å². The summed E-state index contributed by atoms with van der Waals surface area (Å²) in [6.45, 7) is 0.281. The molecule has 0 bridgehead atoms. The molecular weight excluding hydrogens is 294 g/mol. The molecule has 0 spiro atoms. The highest BCUT2D eigenvalue weighted by Crippen LogP contribution is 2.35. The van der Waals surface area contributed by atoms with E-state index in [1.165, 1.54) is 11.3 Å². The number of hydrogen-bond acceptors (Lipinski definition) is 6. The number of fused-ring (bicyclic) bond motifs is 1. The molecule has 0 amide bonds. The summed E-state index contributed by atoms with van der Waals surface area (Å²) in [6, 6.07) is 5.64. The van der Waals surface area contributed by atoms with Crippen molar-refractivity contribution >= 4 is 38.1 Å². The van der Waals surface area contributed by atoms with E-state index in [4.69, 9.17) is 9.47 Å². The van der Waals surface area contributed by atoms with Crippen LogP contribution in [0, 0.1) is 0 Å². The predicted octanol–water partition coefficient (Wildman–Crippen LogP) is 2.77. The zero-order valence-corrected chi connectivity index (χ0v) is 10.3. The molecule has 7 heteroatoms. The fourth-order valence-corrected chi connectivity index (χ4v) is 2.38. The topological polar surface area (TPSA) is 56.3 Å². The van der Waals surface area contributed by atoms with Crippen molar-refractivity contribution < 1.29 is 9.47 Å². The largest absolute Gasteiger partial charge is 0.454 e. The Morgan fingerprint density at radius 2 is 2.12 bits per heavy atom. The lowest BCUT2D eigenvalue weighted by atomic mass is 10.3. The molecule has 2 heterocycles. The van der Waals surface area contributed by atoms with Gasteiger partial charge in [-0.2, -0.15) is 0 Å². The Morgan fingerprint density at radius 3 is 2.94 bits per heavy atom. The van der Waals surface area contributed by atoms with Crippen LogP contribution in [0.5, 0.6) is 11.5 Å². The van der Waals surface area contributed by atoms with Gasteiger partial charge < -0.3 is 14.8 Å². The zero-order valence-electron chi connectivity index (χ0n) is 7.94. The van der Waals surface area contributed by atoms with Gasteiger partial charge in [-0.1, -0.05) is 11.3 Å². The van der Waals surface area contributed by atoms with Crippen LogP contribution in [0.15, 0.2) is 22.1 Å². The van der Waals surface area contributed by atoms with Crippen molar-refractivity contribution in [3.63, 3.8) is 0 Å². The first-order chi connectivity index (χ1) is 7.81. The first kappa shape index (κ1) is 9.86. The monoisotopic (exact) mass is 299 g/mol. The van der Waals surface area contributed by atoms with E-state index in [0.29, 0.717) is 0 Å². The number of ether oxygens (including phenoxy) is 2. The van der Waals surface area contributed by atoms with Crippen molar-refractivity contribution in [3.8, 4) is 11.5 Å².